The van der Waals surface area contributed by atoms with E-state index in [4.69, 9.17) is 9.15 Å². The molecule has 2 amide bonds. The van der Waals surface area contributed by atoms with Gasteiger partial charge >= 0.3 is 0 Å². The number of ether oxygens (including phenoxy) is 1. The van der Waals surface area contributed by atoms with Crippen LogP contribution in [-0.2, 0) is 9.53 Å². The van der Waals surface area contributed by atoms with Gasteiger partial charge in [0, 0.05) is 38.6 Å². The van der Waals surface area contributed by atoms with Crippen molar-refractivity contribution >= 4 is 11.8 Å². The minimum absolute atomic E-state index is 0.0473. The van der Waals surface area contributed by atoms with E-state index in [-0.39, 0.29) is 24.0 Å². The molecular weight excluding hydrogens is 334 g/mol. The Kier molecular flexibility index (Phi) is 8.64. The lowest BCUT2D eigenvalue weighted by molar-refractivity contribution is -0.121. The van der Waals surface area contributed by atoms with Crippen molar-refractivity contribution in [2.75, 3.05) is 39.4 Å². The summed E-state index contributed by atoms with van der Waals surface area (Å²) in [5, 5.41) is 5.73. The van der Waals surface area contributed by atoms with Crippen LogP contribution in [0.4, 0.5) is 0 Å². The lowest BCUT2D eigenvalue weighted by Gasteiger charge is -2.38. The first kappa shape index (κ1) is 20.5. The van der Waals surface area contributed by atoms with Crippen molar-refractivity contribution in [3.8, 4) is 0 Å². The number of rotatable bonds is 10. The summed E-state index contributed by atoms with van der Waals surface area (Å²) in [4.78, 5) is 26.4. The summed E-state index contributed by atoms with van der Waals surface area (Å²) in [6.45, 7) is 8.66. The van der Waals surface area contributed by atoms with Crippen LogP contribution in [0.15, 0.2) is 22.8 Å². The average Bonchev–Trinajstić information content (AvgIpc) is 3.20. The van der Waals surface area contributed by atoms with Crippen molar-refractivity contribution in [1.29, 1.82) is 0 Å². The Bertz CT molecular complexity index is 537. The summed E-state index contributed by atoms with van der Waals surface area (Å²) in [6, 6.07) is 3.58. The van der Waals surface area contributed by atoms with Gasteiger partial charge in [-0.1, -0.05) is 26.7 Å². The molecule has 2 N–H and O–H groups in total. The molecule has 0 bridgehead atoms. The molecule has 1 unspecified atom stereocenters. The first-order chi connectivity index (χ1) is 12.7. The Balaban J connectivity index is 1.75. The second-order valence-corrected chi connectivity index (χ2v) is 6.58. The number of nitrogens with one attached hydrogen (secondary N) is 2. The maximum absolute atomic E-state index is 12.2. The van der Waals surface area contributed by atoms with Crippen LogP contribution >= 0.6 is 0 Å². The third-order valence-electron chi connectivity index (χ3n) is 5.00. The first-order valence-electron chi connectivity index (χ1n) is 9.55. The van der Waals surface area contributed by atoms with E-state index >= 15 is 0 Å². The van der Waals surface area contributed by atoms with Gasteiger partial charge in [-0.15, -0.1) is 0 Å². The first-order valence-corrected chi connectivity index (χ1v) is 9.55. The van der Waals surface area contributed by atoms with Gasteiger partial charge in [-0.3, -0.25) is 14.5 Å². The average molecular weight is 365 g/mol. The molecule has 1 aliphatic heterocycles. The Hall–Kier alpha value is -1.86. The van der Waals surface area contributed by atoms with Crippen LogP contribution < -0.4 is 10.6 Å². The second-order valence-electron chi connectivity index (χ2n) is 6.58. The second kappa shape index (κ2) is 11.0. The summed E-state index contributed by atoms with van der Waals surface area (Å²) in [6.07, 6.45) is 3.89. The van der Waals surface area contributed by atoms with E-state index in [9.17, 15) is 9.59 Å². The zero-order valence-corrected chi connectivity index (χ0v) is 15.8. The highest BCUT2D eigenvalue weighted by molar-refractivity contribution is 5.91. The van der Waals surface area contributed by atoms with Gasteiger partial charge in [0.25, 0.3) is 5.91 Å². The molecule has 146 valence electrons. The molecule has 1 aliphatic rings. The number of furan rings is 1. The maximum Gasteiger partial charge on any atom is 0.286 e. The predicted octanol–water partition coefficient (Wildman–Crippen LogP) is 1.65. The maximum atomic E-state index is 12.2. The molecule has 26 heavy (non-hydrogen) atoms. The van der Waals surface area contributed by atoms with Gasteiger partial charge in [0.1, 0.15) is 0 Å². The number of carbonyl (C=O) groups is 2. The molecule has 0 saturated carbocycles. The number of morpholine rings is 1. The van der Waals surface area contributed by atoms with E-state index in [1.807, 2.05) is 0 Å². The van der Waals surface area contributed by atoms with Gasteiger partial charge in [0.05, 0.1) is 19.5 Å². The summed E-state index contributed by atoms with van der Waals surface area (Å²) >= 11 is 0. The molecule has 2 heterocycles. The zero-order chi connectivity index (χ0) is 18.8. The van der Waals surface area contributed by atoms with Gasteiger partial charge in [-0.25, -0.2) is 0 Å². The highest BCUT2D eigenvalue weighted by Crippen LogP contribution is 2.19. The van der Waals surface area contributed by atoms with E-state index in [2.05, 4.69) is 29.4 Å². The lowest BCUT2D eigenvalue weighted by atomic mass is 9.92. The fourth-order valence-electron chi connectivity index (χ4n) is 3.43. The van der Waals surface area contributed by atoms with Crippen LogP contribution in [0, 0.1) is 5.92 Å². The number of carbonyl (C=O) groups excluding carboxylic acids is 2. The molecule has 0 radical (unpaired) electrons. The van der Waals surface area contributed by atoms with Crippen molar-refractivity contribution < 1.29 is 18.7 Å². The van der Waals surface area contributed by atoms with Crippen LogP contribution in [0.2, 0.25) is 0 Å². The molecule has 0 aromatic carbocycles. The van der Waals surface area contributed by atoms with Crippen LogP contribution in [0.25, 0.3) is 0 Å². The topological polar surface area (TPSA) is 83.8 Å². The van der Waals surface area contributed by atoms with E-state index in [1.54, 1.807) is 12.1 Å². The Morgan fingerprint density at radius 2 is 1.92 bits per heavy atom. The van der Waals surface area contributed by atoms with Gasteiger partial charge < -0.3 is 19.8 Å². The molecule has 1 aromatic heterocycles. The SMILES string of the molecule is CCC(CC)C(CNC(=O)CCNC(=O)c1ccco1)N1CCOCC1. The summed E-state index contributed by atoms with van der Waals surface area (Å²) in [5.41, 5.74) is 0. The van der Waals surface area contributed by atoms with Gasteiger partial charge in [-0.2, -0.15) is 0 Å². The standard InChI is InChI=1S/C19H31N3O4/c1-3-15(4-2)16(22-9-12-25-13-10-22)14-21-18(23)7-8-20-19(24)17-6-5-11-26-17/h5-6,11,15-16H,3-4,7-10,12-14H2,1-2H3,(H,20,24)(H,21,23). The van der Waals surface area contributed by atoms with Gasteiger partial charge in [0.15, 0.2) is 5.76 Å². The molecule has 7 nitrogen and oxygen atoms in total. The zero-order valence-electron chi connectivity index (χ0n) is 15.8. The third-order valence-corrected chi connectivity index (χ3v) is 5.00. The Morgan fingerprint density at radius 1 is 1.19 bits per heavy atom. The highest BCUT2D eigenvalue weighted by atomic mass is 16.5. The van der Waals surface area contributed by atoms with E-state index < -0.39 is 0 Å². The molecular formula is C19H31N3O4. The van der Waals surface area contributed by atoms with Crippen LogP contribution in [-0.4, -0.2) is 62.1 Å². The monoisotopic (exact) mass is 365 g/mol. The number of hydrogen-bond donors (Lipinski definition) is 2. The fourth-order valence-corrected chi connectivity index (χ4v) is 3.43. The number of hydrogen-bond acceptors (Lipinski definition) is 5. The molecule has 1 fully saturated rings. The predicted molar refractivity (Wildman–Crippen MR) is 98.9 cm³/mol. The quantitative estimate of drug-likeness (QED) is 0.659. The number of nitrogens with zero attached hydrogens (tertiary/aromatic N) is 1. The molecule has 0 aliphatic carbocycles. The fraction of sp³-hybridized carbons (Fsp3) is 0.684. The van der Waals surface area contributed by atoms with Crippen LogP contribution in [0.5, 0.6) is 0 Å². The summed E-state index contributed by atoms with van der Waals surface area (Å²) < 4.78 is 10.5. The highest BCUT2D eigenvalue weighted by Gasteiger charge is 2.27. The summed E-state index contributed by atoms with van der Waals surface area (Å²) in [5.74, 6) is 0.457. The number of amides is 2. The molecule has 1 aromatic rings. The van der Waals surface area contributed by atoms with Gasteiger partial charge in [0.2, 0.25) is 5.91 Å². The third kappa shape index (κ3) is 6.14. The smallest absolute Gasteiger partial charge is 0.286 e. The van der Waals surface area contributed by atoms with E-state index in [1.165, 1.54) is 6.26 Å². The molecule has 7 heteroatoms. The van der Waals surface area contributed by atoms with Crippen molar-refractivity contribution in [2.45, 2.75) is 39.2 Å². The van der Waals surface area contributed by atoms with Crippen molar-refractivity contribution in [1.82, 2.24) is 15.5 Å². The molecule has 2 rings (SSSR count). The Morgan fingerprint density at radius 3 is 2.54 bits per heavy atom. The van der Waals surface area contributed by atoms with Crippen molar-refractivity contribution in [3.63, 3.8) is 0 Å². The lowest BCUT2D eigenvalue weighted by Crippen LogP contribution is -2.52. The molecule has 1 atom stereocenters. The minimum atomic E-state index is -0.300. The molecule has 1 saturated heterocycles. The largest absolute Gasteiger partial charge is 0.459 e. The van der Waals surface area contributed by atoms with Gasteiger partial charge in [-0.05, 0) is 18.1 Å². The summed E-state index contributed by atoms with van der Waals surface area (Å²) in [7, 11) is 0. The van der Waals surface area contributed by atoms with Crippen LogP contribution in [0.3, 0.4) is 0 Å². The van der Waals surface area contributed by atoms with Crippen molar-refractivity contribution in [2.24, 2.45) is 5.92 Å². The van der Waals surface area contributed by atoms with Crippen LogP contribution in [0.1, 0.15) is 43.7 Å². The van der Waals surface area contributed by atoms with E-state index in [0.717, 1.165) is 39.1 Å². The van der Waals surface area contributed by atoms with Crippen molar-refractivity contribution in [3.05, 3.63) is 24.2 Å². The normalized spacial score (nSPS) is 16.4. The minimum Gasteiger partial charge on any atom is -0.459 e. The Labute approximate surface area is 155 Å². The van der Waals surface area contributed by atoms with E-state index in [0.29, 0.717) is 25.0 Å². The molecule has 0 spiro atoms.